The highest BCUT2D eigenvalue weighted by Crippen LogP contribution is 2.40. The van der Waals surface area contributed by atoms with Crippen molar-refractivity contribution in [1.82, 2.24) is 10.2 Å². The number of ketones is 1. The molecule has 0 radical (unpaired) electrons. The van der Waals surface area contributed by atoms with Crippen LogP contribution in [0.4, 0.5) is 0 Å². The molecule has 2 aliphatic heterocycles. The third-order valence-corrected chi connectivity index (χ3v) is 6.13. The molecule has 3 rings (SSSR count). The number of hydrogen-bond acceptors (Lipinski definition) is 6. The number of carbonyl (C=O) groups is 4. The van der Waals surface area contributed by atoms with Gasteiger partial charge in [0.2, 0.25) is 5.91 Å². The average Bonchev–Trinajstić information content (AvgIpc) is 2.70. The van der Waals surface area contributed by atoms with Gasteiger partial charge in [-0.3, -0.25) is 19.3 Å². The van der Waals surface area contributed by atoms with E-state index in [0.717, 1.165) is 10.5 Å². The summed E-state index contributed by atoms with van der Waals surface area (Å²) in [7, 11) is 0. The van der Waals surface area contributed by atoms with Crippen molar-refractivity contribution < 1.29 is 24.3 Å². The van der Waals surface area contributed by atoms with E-state index >= 15 is 0 Å². The Labute approximate surface area is 166 Å². The molecule has 8 nitrogen and oxygen atoms in total. The number of nitrogens with zero attached hydrogens (tertiary/aromatic N) is 1. The summed E-state index contributed by atoms with van der Waals surface area (Å²) in [6.07, 6.45) is 8.47. The number of hydrogen-bond donors (Lipinski definition) is 3. The van der Waals surface area contributed by atoms with Crippen molar-refractivity contribution in [3.05, 3.63) is 47.7 Å². The van der Waals surface area contributed by atoms with Gasteiger partial charge in [-0.1, -0.05) is 24.3 Å². The molecule has 2 amide bonds. The molecule has 0 bridgehead atoms. The van der Waals surface area contributed by atoms with Crippen LogP contribution >= 0.6 is 11.8 Å². The molecule has 0 aromatic carbocycles. The summed E-state index contributed by atoms with van der Waals surface area (Å²) in [5, 5.41) is 11.6. The van der Waals surface area contributed by atoms with Crippen LogP contribution in [-0.2, 0) is 19.2 Å². The lowest BCUT2D eigenvalue weighted by atomic mass is 9.96. The number of allylic oxidation sites excluding steroid dienone is 4. The van der Waals surface area contributed by atoms with Gasteiger partial charge in [-0.2, -0.15) is 0 Å². The van der Waals surface area contributed by atoms with Crippen LogP contribution in [0, 0.1) is 0 Å². The Kier molecular flexibility index (Phi) is 5.85. The minimum Gasteiger partial charge on any atom is -0.477 e. The Morgan fingerprint density at radius 2 is 2.18 bits per heavy atom. The zero-order valence-corrected chi connectivity index (χ0v) is 15.9. The Hall–Kier alpha value is -2.65. The van der Waals surface area contributed by atoms with Gasteiger partial charge in [-0.05, 0) is 18.4 Å². The molecular weight excluding hydrogens is 382 g/mol. The summed E-state index contributed by atoms with van der Waals surface area (Å²) < 4.78 is 0. The first kappa shape index (κ1) is 20.1. The Balaban J connectivity index is 1.74. The van der Waals surface area contributed by atoms with Crippen molar-refractivity contribution in [3.8, 4) is 0 Å². The van der Waals surface area contributed by atoms with Crippen molar-refractivity contribution in [2.75, 3.05) is 5.75 Å². The predicted octanol–water partition coefficient (Wildman–Crippen LogP) is 0.474. The van der Waals surface area contributed by atoms with Crippen molar-refractivity contribution >= 4 is 35.3 Å². The maximum absolute atomic E-state index is 12.6. The summed E-state index contributed by atoms with van der Waals surface area (Å²) in [6.45, 7) is 3.48. The highest BCUT2D eigenvalue weighted by molar-refractivity contribution is 8.00. The van der Waals surface area contributed by atoms with Crippen molar-refractivity contribution in [1.29, 1.82) is 0 Å². The van der Waals surface area contributed by atoms with Gasteiger partial charge in [-0.15, -0.1) is 18.3 Å². The Morgan fingerprint density at radius 1 is 1.43 bits per heavy atom. The van der Waals surface area contributed by atoms with Crippen LogP contribution in [0.25, 0.3) is 0 Å². The van der Waals surface area contributed by atoms with E-state index in [4.69, 9.17) is 5.73 Å². The number of thioether (sulfide) groups is 1. The number of carboxylic acids is 1. The number of carbonyl (C=O) groups excluding carboxylic acids is 3. The second-order valence-corrected chi connectivity index (χ2v) is 7.72. The molecule has 1 saturated heterocycles. The van der Waals surface area contributed by atoms with Crippen LogP contribution in [0.5, 0.6) is 0 Å². The van der Waals surface area contributed by atoms with Crippen molar-refractivity contribution in [2.45, 2.75) is 36.7 Å². The minimum atomic E-state index is -1.34. The number of nitrogens with two attached hydrogens (primary N) is 1. The number of fused-ring (bicyclic) bond motifs is 1. The smallest absolute Gasteiger partial charge is 0.353 e. The first-order chi connectivity index (χ1) is 13.4. The summed E-state index contributed by atoms with van der Waals surface area (Å²) >= 11 is 1.24. The fourth-order valence-electron chi connectivity index (χ4n) is 3.37. The van der Waals surface area contributed by atoms with Gasteiger partial charge in [0.05, 0.1) is 0 Å². The molecule has 1 fully saturated rings. The number of Topliss-reactive ketones (excluding diaryl/α,β-unsaturated/α-hetero) is 1. The molecule has 3 aliphatic rings. The lowest BCUT2D eigenvalue weighted by Crippen LogP contribution is -2.71. The highest BCUT2D eigenvalue weighted by atomic mass is 32.2. The molecule has 4 N–H and O–H groups in total. The largest absolute Gasteiger partial charge is 0.477 e. The lowest BCUT2D eigenvalue weighted by Gasteiger charge is -2.49. The standard InChI is InChI=1S/C19H21N3O5S/c1-2-6-12(23)11-9-28-18-14(17(25)22(18)15(11)19(26)27)21-16(24)13(20)10-7-4-3-5-8-10/h2-4,8,13-14,18H,1,5-7,9,20H2,(H,21,24)(H,26,27)/t13?,14?,18-/m0/s1. The maximum atomic E-state index is 12.6. The van der Waals surface area contributed by atoms with E-state index in [1.807, 2.05) is 18.2 Å². The number of amides is 2. The number of rotatable bonds is 7. The Morgan fingerprint density at radius 3 is 2.79 bits per heavy atom. The van der Waals surface area contributed by atoms with Crippen LogP contribution < -0.4 is 11.1 Å². The SMILES string of the molecule is C=CCC(=O)C1=C(C(=O)O)N2C(=O)C(NC(=O)C(N)C3=CCC=CC3)[C@@H]2SC1. The van der Waals surface area contributed by atoms with E-state index in [2.05, 4.69) is 11.9 Å². The van der Waals surface area contributed by atoms with Crippen molar-refractivity contribution in [3.63, 3.8) is 0 Å². The third-order valence-electron chi connectivity index (χ3n) is 4.85. The van der Waals surface area contributed by atoms with Crippen LogP contribution in [0.3, 0.4) is 0 Å². The van der Waals surface area contributed by atoms with E-state index in [1.54, 1.807) is 0 Å². The molecule has 148 valence electrons. The molecule has 0 spiro atoms. The van der Waals surface area contributed by atoms with Gasteiger partial charge in [0, 0.05) is 17.7 Å². The van der Waals surface area contributed by atoms with Gasteiger partial charge in [0.1, 0.15) is 23.2 Å². The highest BCUT2D eigenvalue weighted by Gasteiger charge is 2.55. The first-order valence-corrected chi connectivity index (χ1v) is 9.86. The maximum Gasteiger partial charge on any atom is 0.353 e. The van der Waals surface area contributed by atoms with E-state index in [0.29, 0.717) is 12.8 Å². The third kappa shape index (κ3) is 3.55. The second-order valence-electron chi connectivity index (χ2n) is 6.61. The van der Waals surface area contributed by atoms with Crippen LogP contribution in [0.15, 0.2) is 47.7 Å². The summed E-state index contributed by atoms with van der Waals surface area (Å²) in [5.41, 5.74) is 6.56. The topological polar surface area (TPSA) is 130 Å². The van der Waals surface area contributed by atoms with Gasteiger partial charge >= 0.3 is 5.97 Å². The molecule has 0 saturated carbocycles. The number of carboxylic acid groups (broad SMARTS) is 1. The summed E-state index contributed by atoms with van der Waals surface area (Å²) in [4.78, 5) is 50.0. The van der Waals surface area contributed by atoms with Crippen LogP contribution in [0.1, 0.15) is 19.3 Å². The van der Waals surface area contributed by atoms with Gasteiger partial charge in [-0.25, -0.2) is 4.79 Å². The minimum absolute atomic E-state index is 0.00204. The van der Waals surface area contributed by atoms with Gasteiger partial charge in [0.25, 0.3) is 5.91 Å². The van der Waals surface area contributed by atoms with Gasteiger partial charge in [0.15, 0.2) is 5.78 Å². The molecule has 9 heteroatoms. The molecule has 1 aliphatic carbocycles. The van der Waals surface area contributed by atoms with Gasteiger partial charge < -0.3 is 16.2 Å². The summed E-state index contributed by atoms with van der Waals surface area (Å²) in [5.74, 6) is -2.60. The molecule has 0 aromatic heterocycles. The quantitative estimate of drug-likeness (QED) is 0.416. The fraction of sp³-hybridized carbons (Fsp3) is 0.368. The predicted molar refractivity (Wildman–Crippen MR) is 104 cm³/mol. The number of β-lactam (4-membered cyclic amide) rings is 1. The number of aliphatic carboxylic acids is 1. The van der Waals surface area contributed by atoms with Crippen molar-refractivity contribution in [2.24, 2.45) is 5.73 Å². The molecular formula is C19H21N3O5S. The average molecular weight is 403 g/mol. The van der Waals surface area contributed by atoms with E-state index in [1.165, 1.54) is 17.8 Å². The van der Waals surface area contributed by atoms with E-state index in [9.17, 15) is 24.3 Å². The molecule has 2 heterocycles. The fourth-order valence-corrected chi connectivity index (χ4v) is 4.74. The molecule has 0 aromatic rings. The monoisotopic (exact) mass is 403 g/mol. The van der Waals surface area contributed by atoms with E-state index < -0.39 is 35.2 Å². The zero-order chi connectivity index (χ0) is 20.4. The first-order valence-electron chi connectivity index (χ1n) is 8.82. The van der Waals surface area contributed by atoms with Crippen LogP contribution in [0.2, 0.25) is 0 Å². The molecule has 2 unspecified atom stereocenters. The van der Waals surface area contributed by atoms with Crippen LogP contribution in [-0.4, -0.2) is 56.8 Å². The second kappa shape index (κ2) is 8.15. The zero-order valence-electron chi connectivity index (χ0n) is 15.1. The molecule has 3 atom stereocenters. The molecule has 28 heavy (non-hydrogen) atoms. The normalized spacial score (nSPS) is 24.7. The van der Waals surface area contributed by atoms with E-state index in [-0.39, 0.29) is 29.2 Å². The summed E-state index contributed by atoms with van der Waals surface area (Å²) in [6, 6.07) is -1.73. The Bertz CT molecular complexity index is 845. The number of nitrogens with one attached hydrogen (secondary N) is 1. The lowest BCUT2D eigenvalue weighted by molar-refractivity contribution is -0.151.